The molecule has 3 heteroatoms. The van der Waals surface area contributed by atoms with E-state index in [4.69, 9.17) is 11.6 Å². The minimum Gasteiger partial charge on any atom is -0.311 e. The Kier molecular flexibility index (Phi) is 6.20. The van der Waals surface area contributed by atoms with Gasteiger partial charge in [0, 0.05) is 12.2 Å². The van der Waals surface area contributed by atoms with Crippen molar-refractivity contribution in [1.29, 1.82) is 0 Å². The molecule has 0 heterocycles. The molecule has 0 bridgehead atoms. The molecule has 0 fully saturated rings. The highest BCUT2D eigenvalue weighted by Crippen LogP contribution is 2.25. The average molecular weight is 268 g/mol. The topological polar surface area (TPSA) is 20.3 Å². The van der Waals surface area contributed by atoms with E-state index >= 15 is 0 Å². The predicted molar refractivity (Wildman–Crippen MR) is 78.5 cm³/mol. The number of hydrogen-bond donors (Lipinski definition) is 0. The Labute approximate surface area is 115 Å². The van der Waals surface area contributed by atoms with E-state index in [1.54, 1.807) is 0 Å². The maximum absolute atomic E-state index is 12.0. The van der Waals surface area contributed by atoms with Crippen molar-refractivity contribution in [2.45, 2.75) is 40.0 Å². The van der Waals surface area contributed by atoms with Crippen molar-refractivity contribution >= 4 is 23.2 Å². The second-order valence-electron chi connectivity index (χ2n) is 4.63. The van der Waals surface area contributed by atoms with Gasteiger partial charge in [0.15, 0.2) is 0 Å². The second-order valence-corrected chi connectivity index (χ2v) is 4.89. The maximum atomic E-state index is 12.0. The standard InChI is InChI=1S/C15H22ClNO/c1-4-5-6-10-17(14(18)11-16)15-12(2)8-7-9-13(15)3/h7-9H,4-6,10-11H2,1-3H3. The van der Waals surface area contributed by atoms with Crippen LogP contribution < -0.4 is 4.90 Å². The van der Waals surface area contributed by atoms with Gasteiger partial charge >= 0.3 is 0 Å². The summed E-state index contributed by atoms with van der Waals surface area (Å²) in [6.45, 7) is 6.99. The molecule has 0 N–H and O–H groups in total. The Bertz CT molecular complexity index is 383. The van der Waals surface area contributed by atoms with Gasteiger partial charge in [0.1, 0.15) is 5.88 Å². The summed E-state index contributed by atoms with van der Waals surface area (Å²) in [7, 11) is 0. The monoisotopic (exact) mass is 267 g/mol. The number of rotatable bonds is 6. The van der Waals surface area contributed by atoms with Crippen LogP contribution in [-0.4, -0.2) is 18.3 Å². The summed E-state index contributed by atoms with van der Waals surface area (Å²) in [6.07, 6.45) is 3.31. The number of amides is 1. The second kappa shape index (κ2) is 7.42. The number of carbonyl (C=O) groups excluding carboxylic acids is 1. The molecule has 0 unspecified atom stereocenters. The van der Waals surface area contributed by atoms with E-state index in [0.29, 0.717) is 0 Å². The lowest BCUT2D eigenvalue weighted by molar-refractivity contribution is -0.116. The molecule has 0 spiro atoms. The number of halogens is 1. The zero-order valence-electron chi connectivity index (χ0n) is 11.5. The van der Waals surface area contributed by atoms with Crippen molar-refractivity contribution < 1.29 is 4.79 Å². The van der Waals surface area contributed by atoms with Crippen molar-refractivity contribution in [2.75, 3.05) is 17.3 Å². The summed E-state index contributed by atoms with van der Waals surface area (Å²) in [6, 6.07) is 6.09. The molecule has 100 valence electrons. The lowest BCUT2D eigenvalue weighted by Crippen LogP contribution is -2.34. The van der Waals surface area contributed by atoms with E-state index in [1.165, 1.54) is 0 Å². The van der Waals surface area contributed by atoms with Gasteiger partial charge in [-0.2, -0.15) is 0 Å². The van der Waals surface area contributed by atoms with E-state index < -0.39 is 0 Å². The summed E-state index contributed by atoms with van der Waals surface area (Å²) in [5.41, 5.74) is 3.29. The highest BCUT2D eigenvalue weighted by Gasteiger charge is 2.17. The fraction of sp³-hybridized carbons (Fsp3) is 0.533. The molecule has 0 aliphatic rings. The zero-order chi connectivity index (χ0) is 13.5. The normalized spacial score (nSPS) is 10.4. The minimum atomic E-state index is -0.00910. The minimum absolute atomic E-state index is 0.00910. The SMILES string of the molecule is CCCCCN(C(=O)CCl)c1c(C)cccc1C. The lowest BCUT2D eigenvalue weighted by atomic mass is 10.1. The van der Waals surface area contributed by atoms with Gasteiger partial charge in [0.25, 0.3) is 0 Å². The van der Waals surface area contributed by atoms with E-state index in [-0.39, 0.29) is 11.8 Å². The van der Waals surface area contributed by atoms with Crippen LogP contribution in [0.25, 0.3) is 0 Å². The number of nitrogens with zero attached hydrogens (tertiary/aromatic N) is 1. The fourth-order valence-electron chi connectivity index (χ4n) is 2.18. The van der Waals surface area contributed by atoms with Crippen LogP contribution in [0.5, 0.6) is 0 Å². The van der Waals surface area contributed by atoms with Gasteiger partial charge in [-0.25, -0.2) is 0 Å². The summed E-state index contributed by atoms with van der Waals surface area (Å²) < 4.78 is 0. The summed E-state index contributed by atoms with van der Waals surface area (Å²) in [4.78, 5) is 13.8. The van der Waals surface area contributed by atoms with E-state index in [9.17, 15) is 4.79 Å². The number of unbranched alkanes of at least 4 members (excludes halogenated alkanes) is 2. The van der Waals surface area contributed by atoms with Gasteiger partial charge < -0.3 is 4.90 Å². The molecule has 2 nitrogen and oxygen atoms in total. The van der Waals surface area contributed by atoms with Gasteiger partial charge in [0.05, 0.1) is 0 Å². The number of aryl methyl sites for hydroxylation is 2. The fourth-order valence-corrected chi connectivity index (χ4v) is 2.33. The van der Waals surface area contributed by atoms with Crippen molar-refractivity contribution in [3.8, 4) is 0 Å². The van der Waals surface area contributed by atoms with Gasteiger partial charge in [-0.15, -0.1) is 11.6 Å². The van der Waals surface area contributed by atoms with Gasteiger partial charge in [-0.1, -0.05) is 38.0 Å². The average Bonchev–Trinajstić information content (AvgIpc) is 2.36. The maximum Gasteiger partial charge on any atom is 0.241 e. The molecule has 0 saturated carbocycles. The number of benzene rings is 1. The summed E-state index contributed by atoms with van der Waals surface area (Å²) in [5.74, 6) is 0.0325. The van der Waals surface area contributed by atoms with Crippen LogP contribution >= 0.6 is 11.6 Å². The molecule has 1 rings (SSSR count). The largest absolute Gasteiger partial charge is 0.311 e. The highest BCUT2D eigenvalue weighted by molar-refractivity contribution is 6.29. The molecular weight excluding hydrogens is 246 g/mol. The third kappa shape index (κ3) is 3.74. The first-order valence-electron chi connectivity index (χ1n) is 6.54. The number of para-hydroxylation sites is 1. The van der Waals surface area contributed by atoms with Crippen LogP contribution in [-0.2, 0) is 4.79 Å². The van der Waals surface area contributed by atoms with Gasteiger partial charge in [-0.3, -0.25) is 4.79 Å². The van der Waals surface area contributed by atoms with Crippen molar-refractivity contribution in [2.24, 2.45) is 0 Å². The lowest BCUT2D eigenvalue weighted by Gasteiger charge is -2.25. The molecule has 18 heavy (non-hydrogen) atoms. The van der Waals surface area contributed by atoms with Gasteiger partial charge in [-0.05, 0) is 31.4 Å². The third-order valence-corrected chi connectivity index (χ3v) is 3.34. The summed E-state index contributed by atoms with van der Waals surface area (Å²) >= 11 is 5.72. The molecule has 1 amide bonds. The predicted octanol–water partition coefficient (Wildman–Crippen LogP) is 4.07. The Morgan fingerprint density at radius 3 is 2.33 bits per heavy atom. The Balaban J connectivity index is 2.98. The van der Waals surface area contributed by atoms with E-state index in [2.05, 4.69) is 6.92 Å². The first-order chi connectivity index (χ1) is 8.61. The number of anilines is 1. The smallest absolute Gasteiger partial charge is 0.241 e. The summed E-state index contributed by atoms with van der Waals surface area (Å²) in [5, 5.41) is 0. The number of carbonyl (C=O) groups is 1. The van der Waals surface area contributed by atoms with Crippen molar-refractivity contribution in [3.63, 3.8) is 0 Å². The first-order valence-corrected chi connectivity index (χ1v) is 7.07. The third-order valence-electron chi connectivity index (χ3n) is 3.11. The Morgan fingerprint density at radius 1 is 1.22 bits per heavy atom. The van der Waals surface area contributed by atoms with Crippen molar-refractivity contribution in [1.82, 2.24) is 0 Å². The Morgan fingerprint density at radius 2 is 1.83 bits per heavy atom. The van der Waals surface area contributed by atoms with Crippen LogP contribution in [0.15, 0.2) is 18.2 Å². The van der Waals surface area contributed by atoms with Crippen molar-refractivity contribution in [3.05, 3.63) is 29.3 Å². The molecule has 0 aliphatic heterocycles. The van der Waals surface area contributed by atoms with E-state index in [1.807, 2.05) is 36.9 Å². The number of hydrogen-bond acceptors (Lipinski definition) is 1. The van der Waals surface area contributed by atoms with Crippen LogP contribution in [0, 0.1) is 13.8 Å². The molecule has 0 atom stereocenters. The molecule has 0 aromatic heterocycles. The van der Waals surface area contributed by atoms with Gasteiger partial charge in [0.2, 0.25) is 5.91 Å². The van der Waals surface area contributed by atoms with Crippen LogP contribution in [0.2, 0.25) is 0 Å². The van der Waals surface area contributed by atoms with Crippen LogP contribution in [0.3, 0.4) is 0 Å². The molecule has 1 aromatic rings. The Hall–Kier alpha value is -1.02. The van der Waals surface area contributed by atoms with Crippen LogP contribution in [0.4, 0.5) is 5.69 Å². The molecule has 1 aromatic carbocycles. The number of alkyl halides is 1. The molecule has 0 radical (unpaired) electrons. The zero-order valence-corrected chi connectivity index (χ0v) is 12.3. The van der Waals surface area contributed by atoms with Crippen LogP contribution in [0.1, 0.15) is 37.3 Å². The molecule has 0 aliphatic carbocycles. The highest BCUT2D eigenvalue weighted by atomic mass is 35.5. The quantitative estimate of drug-likeness (QED) is 0.562. The molecular formula is C15H22ClNO. The first kappa shape index (κ1) is 15.0. The van der Waals surface area contributed by atoms with E-state index in [0.717, 1.165) is 42.6 Å². The molecule has 0 saturated heterocycles.